The predicted octanol–water partition coefficient (Wildman–Crippen LogP) is 0.402. The largest absolute Gasteiger partial charge is 0.504 e. The molecule has 0 unspecified atom stereocenters. The first-order valence-corrected chi connectivity index (χ1v) is 5.23. The molecule has 0 aliphatic heterocycles. The van der Waals surface area contributed by atoms with Gasteiger partial charge >= 0.3 is 5.97 Å². The molecule has 1 aromatic carbocycles. The molecular formula is C12H18N2O4. The Balaban J connectivity index is 0.000000631. The molecule has 0 spiro atoms. The van der Waals surface area contributed by atoms with Gasteiger partial charge in [-0.05, 0) is 23.8 Å². The number of carboxylic acids is 1. The Morgan fingerprint density at radius 2 is 2.00 bits per heavy atom. The first-order chi connectivity index (χ1) is 8.54. The number of rotatable bonds is 4. The molecule has 0 heterocycles. The number of methoxy groups -OCH3 is 1. The third kappa shape index (κ3) is 6.51. The summed E-state index contributed by atoms with van der Waals surface area (Å²) >= 11 is 0. The SMILES string of the molecule is COc1cc(C=CC(=O)O)ccc1O.NCCN. The van der Waals surface area contributed by atoms with E-state index in [0.29, 0.717) is 24.4 Å². The molecule has 0 aliphatic carbocycles. The van der Waals surface area contributed by atoms with Crippen molar-refractivity contribution in [1.29, 1.82) is 0 Å². The molecule has 0 aromatic heterocycles. The zero-order chi connectivity index (χ0) is 14.0. The summed E-state index contributed by atoms with van der Waals surface area (Å²) in [6.07, 6.45) is 2.44. The number of phenolic OH excluding ortho intramolecular Hbond substituents is 1. The van der Waals surface area contributed by atoms with Crippen LogP contribution >= 0.6 is 0 Å². The Morgan fingerprint density at radius 3 is 2.44 bits per heavy atom. The monoisotopic (exact) mass is 254 g/mol. The first kappa shape index (κ1) is 16.0. The van der Waals surface area contributed by atoms with E-state index in [-0.39, 0.29) is 5.75 Å². The summed E-state index contributed by atoms with van der Waals surface area (Å²) in [4.78, 5) is 10.2. The van der Waals surface area contributed by atoms with Gasteiger partial charge in [-0.25, -0.2) is 4.79 Å². The highest BCUT2D eigenvalue weighted by atomic mass is 16.5. The Morgan fingerprint density at radius 1 is 1.39 bits per heavy atom. The second-order valence-electron chi connectivity index (χ2n) is 3.18. The first-order valence-electron chi connectivity index (χ1n) is 5.23. The number of carboxylic acid groups (broad SMARTS) is 1. The zero-order valence-electron chi connectivity index (χ0n) is 10.2. The summed E-state index contributed by atoms with van der Waals surface area (Å²) in [5, 5.41) is 17.6. The highest BCUT2D eigenvalue weighted by Gasteiger charge is 2.00. The van der Waals surface area contributed by atoms with E-state index in [1.54, 1.807) is 12.1 Å². The van der Waals surface area contributed by atoms with Crippen LogP contribution in [0.25, 0.3) is 6.08 Å². The van der Waals surface area contributed by atoms with Gasteiger partial charge in [-0.15, -0.1) is 0 Å². The summed E-state index contributed by atoms with van der Waals surface area (Å²) in [5.74, 6) is -0.672. The quantitative estimate of drug-likeness (QED) is 0.577. The molecule has 0 saturated heterocycles. The van der Waals surface area contributed by atoms with E-state index in [2.05, 4.69) is 0 Å². The molecule has 18 heavy (non-hydrogen) atoms. The molecule has 6 nitrogen and oxygen atoms in total. The highest BCUT2D eigenvalue weighted by molar-refractivity contribution is 5.85. The molecule has 1 aromatic rings. The second-order valence-corrected chi connectivity index (χ2v) is 3.18. The van der Waals surface area contributed by atoms with Crippen molar-refractivity contribution in [2.75, 3.05) is 20.2 Å². The summed E-state index contributed by atoms with van der Waals surface area (Å²) < 4.78 is 4.86. The summed E-state index contributed by atoms with van der Waals surface area (Å²) in [5.41, 5.74) is 10.5. The van der Waals surface area contributed by atoms with E-state index in [9.17, 15) is 9.90 Å². The number of hydrogen-bond acceptors (Lipinski definition) is 5. The van der Waals surface area contributed by atoms with Crippen LogP contribution < -0.4 is 16.2 Å². The van der Waals surface area contributed by atoms with Gasteiger partial charge in [0.1, 0.15) is 0 Å². The van der Waals surface area contributed by atoms with Crippen molar-refractivity contribution >= 4 is 12.0 Å². The van der Waals surface area contributed by atoms with Crippen molar-refractivity contribution in [3.8, 4) is 11.5 Å². The smallest absolute Gasteiger partial charge is 0.328 e. The fourth-order valence-corrected chi connectivity index (χ4v) is 0.965. The fourth-order valence-electron chi connectivity index (χ4n) is 0.965. The van der Waals surface area contributed by atoms with Gasteiger partial charge in [0.25, 0.3) is 0 Å². The van der Waals surface area contributed by atoms with Crippen LogP contribution in [0, 0.1) is 0 Å². The summed E-state index contributed by atoms with van der Waals surface area (Å²) in [6, 6.07) is 4.59. The minimum Gasteiger partial charge on any atom is -0.504 e. The molecule has 0 fully saturated rings. The number of nitrogens with two attached hydrogens (primary N) is 2. The van der Waals surface area contributed by atoms with E-state index < -0.39 is 5.97 Å². The van der Waals surface area contributed by atoms with Gasteiger partial charge < -0.3 is 26.4 Å². The van der Waals surface area contributed by atoms with Crippen LogP contribution in [0.3, 0.4) is 0 Å². The third-order valence-electron chi connectivity index (χ3n) is 1.79. The number of benzene rings is 1. The number of hydrogen-bond donors (Lipinski definition) is 4. The van der Waals surface area contributed by atoms with Crippen molar-refractivity contribution in [2.45, 2.75) is 0 Å². The van der Waals surface area contributed by atoms with Crippen LogP contribution in [0.2, 0.25) is 0 Å². The molecule has 0 aliphatic rings. The maximum Gasteiger partial charge on any atom is 0.328 e. The van der Waals surface area contributed by atoms with Crippen molar-refractivity contribution < 1.29 is 19.7 Å². The lowest BCUT2D eigenvalue weighted by atomic mass is 10.2. The molecular weight excluding hydrogens is 236 g/mol. The number of carbonyl (C=O) groups is 1. The van der Waals surface area contributed by atoms with Gasteiger partial charge in [0.2, 0.25) is 0 Å². The minimum absolute atomic E-state index is 0.0278. The topological polar surface area (TPSA) is 119 Å². The van der Waals surface area contributed by atoms with Gasteiger partial charge in [-0.2, -0.15) is 0 Å². The molecule has 0 radical (unpaired) electrons. The zero-order valence-corrected chi connectivity index (χ0v) is 10.2. The van der Waals surface area contributed by atoms with Crippen LogP contribution in [0.4, 0.5) is 0 Å². The maximum atomic E-state index is 10.2. The van der Waals surface area contributed by atoms with Crippen LogP contribution in [0.15, 0.2) is 24.3 Å². The average molecular weight is 254 g/mol. The van der Waals surface area contributed by atoms with E-state index >= 15 is 0 Å². The van der Waals surface area contributed by atoms with Crippen molar-refractivity contribution in [2.24, 2.45) is 11.5 Å². The van der Waals surface area contributed by atoms with Gasteiger partial charge in [0.15, 0.2) is 11.5 Å². The Kier molecular flexibility index (Phi) is 8.00. The van der Waals surface area contributed by atoms with Gasteiger partial charge in [-0.1, -0.05) is 6.07 Å². The molecule has 100 valence electrons. The normalized spacial score (nSPS) is 9.72. The number of aromatic hydroxyl groups is 1. The lowest BCUT2D eigenvalue weighted by molar-refractivity contribution is -0.131. The highest BCUT2D eigenvalue weighted by Crippen LogP contribution is 2.26. The Bertz CT molecular complexity index is 403. The van der Waals surface area contributed by atoms with Crippen LogP contribution in [0.5, 0.6) is 11.5 Å². The molecule has 6 N–H and O–H groups in total. The molecule has 0 saturated carbocycles. The van der Waals surface area contributed by atoms with Crippen LogP contribution in [-0.4, -0.2) is 36.4 Å². The molecule has 0 bridgehead atoms. The van der Waals surface area contributed by atoms with Crippen molar-refractivity contribution in [1.82, 2.24) is 0 Å². The molecule has 0 amide bonds. The van der Waals surface area contributed by atoms with E-state index in [1.165, 1.54) is 19.3 Å². The number of phenols is 1. The van der Waals surface area contributed by atoms with Gasteiger partial charge in [-0.3, -0.25) is 0 Å². The molecule has 1 rings (SSSR count). The van der Waals surface area contributed by atoms with Crippen LogP contribution in [-0.2, 0) is 4.79 Å². The van der Waals surface area contributed by atoms with Crippen molar-refractivity contribution in [3.05, 3.63) is 29.8 Å². The van der Waals surface area contributed by atoms with Crippen molar-refractivity contribution in [3.63, 3.8) is 0 Å². The van der Waals surface area contributed by atoms with Gasteiger partial charge in [0, 0.05) is 19.2 Å². The summed E-state index contributed by atoms with van der Waals surface area (Å²) in [7, 11) is 1.43. The molecule has 6 heteroatoms. The third-order valence-corrected chi connectivity index (χ3v) is 1.79. The summed E-state index contributed by atoms with van der Waals surface area (Å²) in [6.45, 7) is 1.19. The van der Waals surface area contributed by atoms with Gasteiger partial charge in [0.05, 0.1) is 7.11 Å². The lowest BCUT2D eigenvalue weighted by Gasteiger charge is -2.03. The van der Waals surface area contributed by atoms with E-state index in [4.69, 9.17) is 21.3 Å². The number of aliphatic carboxylic acids is 1. The number of ether oxygens (including phenoxy) is 1. The average Bonchev–Trinajstić information content (AvgIpc) is 2.38. The standard InChI is InChI=1S/C10H10O4.C2H8N2/c1-14-9-6-7(2-4-8(9)11)3-5-10(12)13;3-1-2-4/h2-6,11H,1H3,(H,12,13);1-4H2. The lowest BCUT2D eigenvalue weighted by Crippen LogP contribution is -2.11. The predicted molar refractivity (Wildman–Crippen MR) is 69.4 cm³/mol. The van der Waals surface area contributed by atoms with E-state index in [1.807, 2.05) is 0 Å². The minimum atomic E-state index is -1.02. The Labute approximate surface area is 105 Å². The van der Waals surface area contributed by atoms with E-state index in [0.717, 1.165) is 6.08 Å². The second kappa shape index (κ2) is 9.03. The molecule has 0 atom stereocenters. The fraction of sp³-hybridized carbons (Fsp3) is 0.250. The maximum absolute atomic E-state index is 10.2. The Hall–Kier alpha value is -2.05. The van der Waals surface area contributed by atoms with Crippen LogP contribution in [0.1, 0.15) is 5.56 Å².